The number of aliphatic hydroxyl groups is 1. The second-order valence-electron chi connectivity index (χ2n) is 13.0. The summed E-state index contributed by atoms with van der Waals surface area (Å²) in [7, 11) is 0. The Labute approximate surface area is 285 Å². The third-order valence-corrected chi connectivity index (χ3v) is 8.44. The van der Waals surface area contributed by atoms with Crippen molar-refractivity contribution in [3.05, 3.63) is 36.5 Å². The molecule has 0 saturated heterocycles. The van der Waals surface area contributed by atoms with Crippen LogP contribution in [0.25, 0.3) is 0 Å². The molecule has 0 rings (SSSR count). The predicted octanol–water partition coefficient (Wildman–Crippen LogP) is 12.1. The quantitative estimate of drug-likeness (QED) is 0.0421. The van der Waals surface area contributed by atoms with Crippen LogP contribution >= 0.6 is 0 Å². The molecule has 0 aromatic rings. The van der Waals surface area contributed by atoms with Crippen LogP contribution in [-0.4, -0.2) is 36.4 Å². The number of unbranched alkanes of at least 4 members (excludes halogenated alkanes) is 21. The molecule has 0 spiro atoms. The number of esters is 2. The van der Waals surface area contributed by atoms with Crippen molar-refractivity contribution in [1.29, 1.82) is 0 Å². The van der Waals surface area contributed by atoms with Crippen molar-refractivity contribution in [2.75, 3.05) is 13.2 Å². The van der Waals surface area contributed by atoms with Gasteiger partial charge in [-0.15, -0.1) is 0 Å². The maximum Gasteiger partial charge on any atom is 0.306 e. The lowest BCUT2D eigenvalue weighted by molar-refractivity contribution is -0.161. The molecular formula is C41H74O5. The van der Waals surface area contributed by atoms with Crippen molar-refractivity contribution in [3.63, 3.8) is 0 Å². The molecule has 0 bridgehead atoms. The maximum atomic E-state index is 12.2. The lowest BCUT2D eigenvalue weighted by Gasteiger charge is -2.15. The van der Waals surface area contributed by atoms with Gasteiger partial charge >= 0.3 is 11.9 Å². The first-order valence-electron chi connectivity index (χ1n) is 19.5. The molecule has 0 aliphatic rings. The Hall–Kier alpha value is -1.88. The van der Waals surface area contributed by atoms with Gasteiger partial charge in [-0.2, -0.15) is 0 Å². The number of ether oxygens (including phenoxy) is 2. The van der Waals surface area contributed by atoms with E-state index < -0.39 is 6.10 Å². The molecule has 0 saturated carbocycles. The third kappa shape index (κ3) is 35.0. The Balaban J connectivity index is 3.59. The maximum absolute atomic E-state index is 12.2. The van der Waals surface area contributed by atoms with Gasteiger partial charge < -0.3 is 14.6 Å². The van der Waals surface area contributed by atoms with Gasteiger partial charge in [0.25, 0.3) is 0 Å². The zero-order chi connectivity index (χ0) is 33.6. The van der Waals surface area contributed by atoms with E-state index in [1.54, 1.807) is 0 Å². The highest BCUT2D eigenvalue weighted by atomic mass is 16.6. The molecule has 0 aliphatic carbocycles. The van der Waals surface area contributed by atoms with Gasteiger partial charge in [0.15, 0.2) is 6.10 Å². The third-order valence-electron chi connectivity index (χ3n) is 8.44. The van der Waals surface area contributed by atoms with Crippen LogP contribution in [-0.2, 0) is 19.1 Å². The Bertz CT molecular complexity index is 741. The molecule has 5 heteroatoms. The fourth-order valence-electron chi connectivity index (χ4n) is 5.44. The topological polar surface area (TPSA) is 72.8 Å². The monoisotopic (exact) mass is 647 g/mol. The molecule has 1 N–H and O–H groups in total. The molecule has 0 aromatic carbocycles. The van der Waals surface area contributed by atoms with E-state index in [1.165, 1.54) is 103 Å². The van der Waals surface area contributed by atoms with Crippen molar-refractivity contribution in [3.8, 4) is 0 Å². The summed E-state index contributed by atoms with van der Waals surface area (Å²) in [6.45, 7) is 4.09. The summed E-state index contributed by atoms with van der Waals surface area (Å²) in [4.78, 5) is 24.2. The van der Waals surface area contributed by atoms with Gasteiger partial charge in [-0.25, -0.2) is 0 Å². The van der Waals surface area contributed by atoms with Crippen LogP contribution in [0.1, 0.15) is 194 Å². The van der Waals surface area contributed by atoms with E-state index in [0.717, 1.165) is 64.2 Å². The predicted molar refractivity (Wildman–Crippen MR) is 196 cm³/mol. The first-order valence-corrected chi connectivity index (χ1v) is 19.5. The van der Waals surface area contributed by atoms with Gasteiger partial charge in [0, 0.05) is 12.8 Å². The van der Waals surface area contributed by atoms with E-state index in [0.29, 0.717) is 12.8 Å². The first kappa shape index (κ1) is 44.1. The first-order chi connectivity index (χ1) is 22.6. The molecular weight excluding hydrogens is 572 g/mol. The van der Waals surface area contributed by atoms with Crippen LogP contribution < -0.4 is 0 Å². The SMILES string of the molecule is CCCCC/C=C/C/C=C/C/C=C/CCCCCCC(=O)OC[C@H](CO)OC(=O)CCCCCCCCCCCCCCCCC. The van der Waals surface area contributed by atoms with E-state index in [2.05, 4.69) is 50.3 Å². The van der Waals surface area contributed by atoms with Gasteiger partial charge in [-0.3, -0.25) is 9.59 Å². The van der Waals surface area contributed by atoms with Crippen LogP contribution in [0, 0.1) is 0 Å². The van der Waals surface area contributed by atoms with Crippen molar-refractivity contribution < 1.29 is 24.2 Å². The highest BCUT2D eigenvalue weighted by molar-refractivity contribution is 5.70. The lowest BCUT2D eigenvalue weighted by atomic mass is 10.0. The largest absolute Gasteiger partial charge is 0.462 e. The molecule has 5 nitrogen and oxygen atoms in total. The van der Waals surface area contributed by atoms with Crippen molar-refractivity contribution >= 4 is 11.9 Å². The number of hydrogen-bond donors (Lipinski definition) is 1. The summed E-state index contributed by atoms with van der Waals surface area (Å²) in [5, 5.41) is 9.54. The summed E-state index contributed by atoms with van der Waals surface area (Å²) in [5.41, 5.74) is 0. The van der Waals surface area contributed by atoms with Crippen LogP contribution in [0.15, 0.2) is 36.5 Å². The normalized spacial score (nSPS) is 12.5. The second-order valence-corrected chi connectivity index (χ2v) is 13.0. The van der Waals surface area contributed by atoms with E-state index in [-0.39, 0.29) is 25.2 Å². The highest BCUT2D eigenvalue weighted by Crippen LogP contribution is 2.14. The lowest BCUT2D eigenvalue weighted by Crippen LogP contribution is -2.28. The molecule has 1 atom stereocenters. The highest BCUT2D eigenvalue weighted by Gasteiger charge is 2.16. The second kappa shape index (κ2) is 37.6. The number of carbonyl (C=O) groups is 2. The van der Waals surface area contributed by atoms with Crippen LogP contribution in [0.2, 0.25) is 0 Å². The minimum Gasteiger partial charge on any atom is -0.462 e. The zero-order valence-corrected chi connectivity index (χ0v) is 30.3. The summed E-state index contributed by atoms with van der Waals surface area (Å²) in [6, 6.07) is 0. The summed E-state index contributed by atoms with van der Waals surface area (Å²) in [6.07, 6.45) is 44.8. The Kier molecular flexibility index (Phi) is 36.0. The Morgan fingerprint density at radius 1 is 0.500 bits per heavy atom. The van der Waals surface area contributed by atoms with Crippen LogP contribution in [0.5, 0.6) is 0 Å². The van der Waals surface area contributed by atoms with E-state index >= 15 is 0 Å². The van der Waals surface area contributed by atoms with E-state index in [1.807, 2.05) is 0 Å². The van der Waals surface area contributed by atoms with Gasteiger partial charge in [-0.1, -0.05) is 166 Å². The van der Waals surface area contributed by atoms with Gasteiger partial charge in [-0.05, 0) is 51.4 Å². The number of allylic oxidation sites excluding steroid dienone is 6. The number of carbonyl (C=O) groups excluding carboxylic acids is 2. The van der Waals surface area contributed by atoms with Gasteiger partial charge in [0.1, 0.15) is 6.61 Å². The fourth-order valence-corrected chi connectivity index (χ4v) is 5.44. The van der Waals surface area contributed by atoms with E-state index in [4.69, 9.17) is 9.47 Å². The van der Waals surface area contributed by atoms with Crippen molar-refractivity contribution in [2.45, 2.75) is 200 Å². The average Bonchev–Trinajstić information content (AvgIpc) is 3.06. The van der Waals surface area contributed by atoms with Crippen LogP contribution in [0.3, 0.4) is 0 Å². The van der Waals surface area contributed by atoms with Crippen molar-refractivity contribution in [1.82, 2.24) is 0 Å². The summed E-state index contributed by atoms with van der Waals surface area (Å²) >= 11 is 0. The fraction of sp³-hybridized carbons (Fsp3) is 0.805. The minimum absolute atomic E-state index is 0.0750. The Morgan fingerprint density at radius 2 is 0.870 bits per heavy atom. The standard InChI is InChI=1S/C41H74O5/c1-3-5-7-9-11-13-15-17-19-20-22-23-25-27-29-31-33-35-40(43)45-38-39(37-42)46-41(44)36-34-32-30-28-26-24-21-18-16-14-12-10-8-6-4-2/h11,13,17,19,22-23,39,42H,3-10,12,14-16,18,20-21,24-38H2,1-2H3/b13-11+,19-17+,23-22+/t39-/m0/s1. The molecule has 268 valence electrons. The number of hydrogen-bond acceptors (Lipinski definition) is 5. The van der Waals surface area contributed by atoms with E-state index in [9.17, 15) is 14.7 Å². The Morgan fingerprint density at radius 3 is 1.35 bits per heavy atom. The zero-order valence-electron chi connectivity index (χ0n) is 30.3. The molecule has 46 heavy (non-hydrogen) atoms. The molecule has 0 fully saturated rings. The molecule has 0 aromatic heterocycles. The molecule has 0 unspecified atom stereocenters. The average molecular weight is 647 g/mol. The molecule has 0 amide bonds. The minimum atomic E-state index is -0.776. The van der Waals surface area contributed by atoms with Gasteiger partial charge in [0.2, 0.25) is 0 Å². The summed E-state index contributed by atoms with van der Waals surface area (Å²) in [5.74, 6) is -0.611. The van der Waals surface area contributed by atoms with Gasteiger partial charge in [0.05, 0.1) is 6.61 Å². The summed E-state index contributed by atoms with van der Waals surface area (Å²) < 4.78 is 10.6. The smallest absolute Gasteiger partial charge is 0.306 e. The number of rotatable bonds is 35. The molecule has 0 radical (unpaired) electrons. The van der Waals surface area contributed by atoms with Crippen LogP contribution in [0.4, 0.5) is 0 Å². The van der Waals surface area contributed by atoms with Crippen molar-refractivity contribution in [2.24, 2.45) is 0 Å². The molecule has 0 aliphatic heterocycles. The molecule has 0 heterocycles. The number of aliphatic hydroxyl groups excluding tert-OH is 1.